The Balaban J connectivity index is 1.60. The monoisotopic (exact) mass is 462 g/mol. The van der Waals surface area contributed by atoms with Crippen LogP contribution in [0.4, 0.5) is 16.5 Å². The van der Waals surface area contributed by atoms with Gasteiger partial charge in [-0.1, -0.05) is 35.9 Å². The molecule has 8 heteroatoms. The van der Waals surface area contributed by atoms with Crippen LogP contribution >= 0.6 is 23.1 Å². The van der Waals surface area contributed by atoms with Crippen LogP contribution in [0, 0.1) is 20.8 Å². The van der Waals surface area contributed by atoms with Gasteiger partial charge in [-0.05, 0) is 61.9 Å². The largest absolute Gasteiger partial charge is 0.300 e. The molecule has 0 bridgehead atoms. The van der Waals surface area contributed by atoms with Crippen LogP contribution in [-0.2, 0) is 9.59 Å². The molecule has 2 amide bonds. The zero-order valence-corrected chi connectivity index (χ0v) is 19.8. The van der Waals surface area contributed by atoms with Gasteiger partial charge in [-0.2, -0.15) is 0 Å². The van der Waals surface area contributed by atoms with Gasteiger partial charge in [0.05, 0.1) is 22.0 Å². The molecule has 6 nitrogen and oxygen atoms in total. The van der Waals surface area contributed by atoms with Crippen LogP contribution in [0.2, 0.25) is 0 Å². The van der Waals surface area contributed by atoms with Gasteiger partial charge in [-0.15, -0.1) is 11.3 Å². The third kappa shape index (κ3) is 4.66. The molecule has 4 rings (SSSR count). The molecule has 3 aromatic rings. The number of amides is 2. The summed E-state index contributed by atoms with van der Waals surface area (Å²) >= 11 is 2.64. The molecule has 1 saturated heterocycles. The van der Waals surface area contributed by atoms with Crippen molar-refractivity contribution in [3.05, 3.63) is 75.1 Å². The topological polar surface area (TPSA) is 74.7 Å². The first-order valence-corrected chi connectivity index (χ1v) is 11.7. The molecule has 0 unspecified atom stereocenters. The smallest absolute Gasteiger partial charge is 0.264 e. The number of nitrogens with one attached hydrogen (secondary N) is 1. The number of aryl methyl sites for hydroxylation is 3. The fourth-order valence-electron chi connectivity index (χ4n) is 3.34. The Morgan fingerprint density at radius 3 is 2.44 bits per heavy atom. The Hall–Kier alpha value is -3.23. The highest BCUT2D eigenvalue weighted by molar-refractivity contribution is 8.18. The average Bonchev–Trinajstić information content (AvgIpc) is 3.33. The molecule has 162 valence electrons. The van der Waals surface area contributed by atoms with Crippen LogP contribution in [-0.4, -0.2) is 22.0 Å². The van der Waals surface area contributed by atoms with E-state index in [0.717, 1.165) is 28.1 Å². The molecule has 0 spiro atoms. The normalized spacial score (nSPS) is 15.9. The highest BCUT2D eigenvalue weighted by Gasteiger charge is 2.25. The van der Waals surface area contributed by atoms with E-state index in [2.05, 4.69) is 15.3 Å². The fourth-order valence-corrected chi connectivity index (χ4v) is 5.00. The lowest BCUT2D eigenvalue weighted by atomic mass is 10.1. The van der Waals surface area contributed by atoms with E-state index in [1.165, 1.54) is 30.0 Å². The maximum atomic E-state index is 12.5. The van der Waals surface area contributed by atoms with Crippen molar-refractivity contribution in [1.29, 1.82) is 0 Å². The van der Waals surface area contributed by atoms with Gasteiger partial charge in [0.1, 0.15) is 0 Å². The average molecular weight is 463 g/mol. The molecular formula is C24H22N4O2S2. The maximum Gasteiger partial charge on any atom is 0.264 e. The van der Waals surface area contributed by atoms with Crippen LogP contribution in [0.3, 0.4) is 0 Å². The van der Waals surface area contributed by atoms with Crippen molar-refractivity contribution in [3.8, 4) is 0 Å². The maximum absolute atomic E-state index is 12.5. The SMILES string of the molecule is CC(=O)N(c1nc(C=C2SC(=Nc3ccc(C)cc3)NC2=O)cs1)c1c(C)cccc1C. The van der Waals surface area contributed by atoms with Crippen molar-refractivity contribution in [2.24, 2.45) is 4.99 Å². The molecule has 2 heterocycles. The third-order valence-corrected chi connectivity index (χ3v) is 6.63. The van der Waals surface area contributed by atoms with E-state index in [-0.39, 0.29) is 11.8 Å². The summed E-state index contributed by atoms with van der Waals surface area (Å²) in [5, 5.41) is 5.73. The number of carbonyl (C=O) groups excluding carboxylic acids is 2. The van der Waals surface area contributed by atoms with E-state index in [4.69, 9.17) is 0 Å². The van der Waals surface area contributed by atoms with Gasteiger partial charge in [-0.3, -0.25) is 14.5 Å². The van der Waals surface area contributed by atoms with Crippen molar-refractivity contribution in [3.63, 3.8) is 0 Å². The molecule has 1 N–H and O–H groups in total. The summed E-state index contributed by atoms with van der Waals surface area (Å²) in [6, 6.07) is 13.7. The molecule has 0 atom stereocenters. The zero-order valence-electron chi connectivity index (χ0n) is 18.2. The lowest BCUT2D eigenvalue weighted by Gasteiger charge is -2.22. The van der Waals surface area contributed by atoms with E-state index in [1.807, 2.05) is 68.6 Å². The Kier molecular flexibility index (Phi) is 6.25. The number of para-hydroxylation sites is 1. The van der Waals surface area contributed by atoms with Crippen LogP contribution < -0.4 is 10.2 Å². The molecule has 1 aliphatic rings. The van der Waals surface area contributed by atoms with Crippen molar-refractivity contribution in [1.82, 2.24) is 10.3 Å². The highest BCUT2D eigenvalue weighted by atomic mass is 32.2. The third-order valence-electron chi connectivity index (χ3n) is 4.87. The molecule has 32 heavy (non-hydrogen) atoms. The van der Waals surface area contributed by atoms with Crippen LogP contribution in [0.5, 0.6) is 0 Å². The van der Waals surface area contributed by atoms with E-state index < -0.39 is 0 Å². The van der Waals surface area contributed by atoms with Crippen LogP contribution in [0.15, 0.2) is 57.7 Å². The number of aliphatic imine (C=N–C) groups is 1. The number of rotatable bonds is 4. The minimum Gasteiger partial charge on any atom is -0.300 e. The molecular weight excluding hydrogens is 440 g/mol. The Labute approximate surface area is 195 Å². The fraction of sp³-hybridized carbons (Fsp3) is 0.167. The molecule has 1 fully saturated rings. The number of hydrogen-bond acceptors (Lipinski definition) is 6. The number of carbonyl (C=O) groups is 2. The van der Waals surface area contributed by atoms with Gasteiger partial charge in [0.25, 0.3) is 5.91 Å². The predicted molar refractivity (Wildman–Crippen MR) is 133 cm³/mol. The zero-order chi connectivity index (χ0) is 22.8. The van der Waals surface area contributed by atoms with Crippen LogP contribution in [0.1, 0.15) is 29.3 Å². The van der Waals surface area contributed by atoms with Crippen molar-refractivity contribution in [2.75, 3.05) is 4.90 Å². The molecule has 0 aliphatic carbocycles. The first-order valence-electron chi connectivity index (χ1n) is 10.0. The first-order chi connectivity index (χ1) is 15.3. The number of hydrogen-bond donors (Lipinski definition) is 1. The summed E-state index contributed by atoms with van der Waals surface area (Å²) in [7, 11) is 0. The van der Waals surface area contributed by atoms with Gasteiger partial charge in [0.15, 0.2) is 10.3 Å². The summed E-state index contributed by atoms with van der Waals surface area (Å²) in [4.78, 5) is 36.2. The van der Waals surface area contributed by atoms with E-state index >= 15 is 0 Å². The van der Waals surface area contributed by atoms with Crippen molar-refractivity contribution < 1.29 is 9.59 Å². The predicted octanol–water partition coefficient (Wildman–Crippen LogP) is 5.64. The second-order valence-corrected chi connectivity index (χ2v) is 9.33. The Bertz CT molecular complexity index is 1240. The minimum atomic E-state index is -0.214. The number of benzene rings is 2. The number of thiazole rings is 1. The highest BCUT2D eigenvalue weighted by Crippen LogP contribution is 2.35. The van der Waals surface area contributed by atoms with Gasteiger partial charge in [0, 0.05) is 12.3 Å². The van der Waals surface area contributed by atoms with E-state index in [9.17, 15) is 9.59 Å². The van der Waals surface area contributed by atoms with E-state index in [0.29, 0.717) is 20.9 Å². The summed E-state index contributed by atoms with van der Waals surface area (Å²) < 4.78 is 0. The van der Waals surface area contributed by atoms with Gasteiger partial charge < -0.3 is 5.32 Å². The van der Waals surface area contributed by atoms with Crippen molar-refractivity contribution in [2.45, 2.75) is 27.7 Å². The number of anilines is 2. The summed E-state index contributed by atoms with van der Waals surface area (Å²) in [6.07, 6.45) is 1.72. The number of nitrogens with zero attached hydrogens (tertiary/aromatic N) is 3. The Morgan fingerprint density at radius 2 is 1.78 bits per heavy atom. The quantitative estimate of drug-likeness (QED) is 0.509. The van der Waals surface area contributed by atoms with Gasteiger partial charge in [0.2, 0.25) is 5.91 Å². The molecule has 0 saturated carbocycles. The lowest BCUT2D eigenvalue weighted by molar-refractivity contribution is -0.116. The van der Waals surface area contributed by atoms with Crippen LogP contribution in [0.25, 0.3) is 6.08 Å². The van der Waals surface area contributed by atoms with Gasteiger partial charge >= 0.3 is 0 Å². The summed E-state index contributed by atoms with van der Waals surface area (Å²) in [5.74, 6) is -0.329. The standard InChI is InChI=1S/C24H22N4O2S2/c1-14-8-10-18(11-9-14)25-23-27-22(30)20(32-23)12-19-13-31-24(26-19)28(17(4)29)21-15(2)6-5-7-16(21)3/h5-13H,1-4H3,(H,25,27,30). The summed E-state index contributed by atoms with van der Waals surface area (Å²) in [6.45, 7) is 7.49. The van der Waals surface area contributed by atoms with Gasteiger partial charge in [-0.25, -0.2) is 9.98 Å². The Morgan fingerprint density at radius 1 is 1.09 bits per heavy atom. The second-order valence-electron chi connectivity index (χ2n) is 7.47. The van der Waals surface area contributed by atoms with Crippen molar-refractivity contribution >= 4 is 62.7 Å². The number of amidine groups is 1. The molecule has 1 aliphatic heterocycles. The first kappa shape index (κ1) is 22.0. The van der Waals surface area contributed by atoms with E-state index in [1.54, 1.807) is 11.0 Å². The molecule has 0 radical (unpaired) electrons. The number of thioether (sulfide) groups is 1. The molecule has 2 aromatic carbocycles. The summed E-state index contributed by atoms with van der Waals surface area (Å²) in [5.41, 5.74) is 5.39. The second kappa shape index (κ2) is 9.10. The number of aromatic nitrogens is 1. The lowest BCUT2D eigenvalue weighted by Crippen LogP contribution is -2.24. The molecule has 1 aromatic heterocycles. The minimum absolute atomic E-state index is 0.114.